The largest absolute Gasteiger partial charge is 0.300 e. The molecule has 1 aromatic heterocycles. The molecule has 0 saturated carbocycles. The molecule has 0 N–H and O–H groups in total. The van der Waals surface area contributed by atoms with Crippen molar-refractivity contribution < 1.29 is 0 Å². The van der Waals surface area contributed by atoms with E-state index in [0.29, 0.717) is 4.83 Å². The fourth-order valence-corrected chi connectivity index (χ4v) is 2.53. The number of nitrogens with zero attached hydrogens (tertiary/aromatic N) is 2. The molecule has 0 aliphatic heterocycles. The maximum Gasteiger partial charge on any atom is 0.107 e. The fraction of sp³-hybridized carbons (Fsp3) is 0.727. The van der Waals surface area contributed by atoms with Gasteiger partial charge < -0.3 is 0 Å². The molecule has 0 aliphatic carbocycles. The van der Waals surface area contributed by atoms with Crippen LogP contribution in [0.4, 0.5) is 0 Å². The summed E-state index contributed by atoms with van der Waals surface area (Å²) in [6.07, 6.45) is 1.18. The van der Waals surface area contributed by atoms with E-state index in [1.807, 2.05) is 11.3 Å². The Morgan fingerprint density at radius 3 is 2.60 bits per heavy atom. The topological polar surface area (TPSA) is 16.1 Å². The molecular weight excluding hydrogens is 272 g/mol. The predicted octanol–water partition coefficient (Wildman–Crippen LogP) is 3.37. The van der Waals surface area contributed by atoms with E-state index < -0.39 is 0 Å². The Morgan fingerprint density at radius 2 is 2.13 bits per heavy atom. The van der Waals surface area contributed by atoms with Gasteiger partial charge in [0.05, 0.1) is 12.2 Å². The maximum atomic E-state index is 4.54. The Morgan fingerprint density at radius 1 is 1.47 bits per heavy atom. The molecule has 0 aliphatic rings. The zero-order chi connectivity index (χ0) is 11.4. The molecule has 1 atom stereocenters. The quantitative estimate of drug-likeness (QED) is 0.773. The van der Waals surface area contributed by atoms with Crippen LogP contribution in [0.15, 0.2) is 0 Å². The van der Waals surface area contributed by atoms with Crippen LogP contribution >= 0.6 is 27.3 Å². The fourth-order valence-electron chi connectivity index (χ4n) is 1.32. The van der Waals surface area contributed by atoms with Crippen LogP contribution in [0, 0.1) is 13.8 Å². The van der Waals surface area contributed by atoms with Gasteiger partial charge in [0.2, 0.25) is 0 Å². The van der Waals surface area contributed by atoms with E-state index in [9.17, 15) is 0 Å². The van der Waals surface area contributed by atoms with Crippen LogP contribution in [0.5, 0.6) is 0 Å². The Kier molecular flexibility index (Phi) is 5.23. The number of hydrogen-bond acceptors (Lipinski definition) is 3. The summed E-state index contributed by atoms with van der Waals surface area (Å²) in [6.45, 7) is 8.49. The van der Waals surface area contributed by atoms with Crippen molar-refractivity contribution >= 4 is 27.3 Å². The van der Waals surface area contributed by atoms with Crippen LogP contribution in [0.3, 0.4) is 0 Å². The average molecular weight is 291 g/mol. The number of aryl methyl sites for hydroxylation is 2. The van der Waals surface area contributed by atoms with Gasteiger partial charge in [-0.15, -0.1) is 11.3 Å². The molecule has 0 aromatic carbocycles. The highest BCUT2D eigenvalue weighted by atomic mass is 79.9. The first-order valence-electron chi connectivity index (χ1n) is 5.24. The maximum absolute atomic E-state index is 4.54. The smallest absolute Gasteiger partial charge is 0.107 e. The molecular formula is C11H19BrN2S. The van der Waals surface area contributed by atoms with E-state index in [1.54, 1.807) is 0 Å². The van der Waals surface area contributed by atoms with E-state index in [1.165, 1.54) is 22.0 Å². The Hall–Kier alpha value is 0.0700. The van der Waals surface area contributed by atoms with Gasteiger partial charge in [0, 0.05) is 9.70 Å². The predicted molar refractivity (Wildman–Crippen MR) is 70.9 cm³/mol. The summed E-state index contributed by atoms with van der Waals surface area (Å²) >= 11 is 5.38. The van der Waals surface area contributed by atoms with Gasteiger partial charge in [-0.25, -0.2) is 4.98 Å². The first-order valence-corrected chi connectivity index (χ1v) is 6.97. The number of alkyl halides is 1. The van der Waals surface area contributed by atoms with Crippen molar-refractivity contribution in [1.29, 1.82) is 0 Å². The van der Waals surface area contributed by atoms with Crippen LogP contribution < -0.4 is 0 Å². The molecule has 86 valence electrons. The standard InChI is InChI=1S/C11H19BrN2S/c1-8(12)5-6-14(4)7-11-13-9(2)10(3)15-11/h8H,5-7H2,1-4H3. The van der Waals surface area contributed by atoms with E-state index in [2.05, 4.69) is 53.6 Å². The van der Waals surface area contributed by atoms with E-state index in [-0.39, 0.29) is 0 Å². The average Bonchev–Trinajstić information content (AvgIpc) is 2.42. The van der Waals surface area contributed by atoms with Gasteiger partial charge in [-0.2, -0.15) is 0 Å². The monoisotopic (exact) mass is 290 g/mol. The zero-order valence-electron chi connectivity index (χ0n) is 9.88. The lowest BCUT2D eigenvalue weighted by molar-refractivity contribution is 0.322. The molecule has 0 fully saturated rings. The normalized spacial score (nSPS) is 13.5. The number of hydrogen-bond donors (Lipinski definition) is 0. The van der Waals surface area contributed by atoms with E-state index in [4.69, 9.17) is 0 Å². The highest BCUT2D eigenvalue weighted by Crippen LogP contribution is 2.17. The van der Waals surface area contributed by atoms with Crippen molar-refractivity contribution in [2.45, 2.75) is 38.6 Å². The van der Waals surface area contributed by atoms with E-state index >= 15 is 0 Å². The number of rotatable bonds is 5. The molecule has 0 bridgehead atoms. The van der Waals surface area contributed by atoms with Crippen LogP contribution in [-0.4, -0.2) is 28.3 Å². The van der Waals surface area contributed by atoms with Crippen molar-refractivity contribution in [2.24, 2.45) is 0 Å². The van der Waals surface area contributed by atoms with E-state index in [0.717, 1.165) is 13.1 Å². The third-order valence-corrected chi connectivity index (χ3v) is 3.90. The molecule has 4 heteroatoms. The van der Waals surface area contributed by atoms with Gasteiger partial charge in [-0.1, -0.05) is 22.9 Å². The highest BCUT2D eigenvalue weighted by molar-refractivity contribution is 9.09. The van der Waals surface area contributed by atoms with Crippen LogP contribution in [-0.2, 0) is 6.54 Å². The summed E-state index contributed by atoms with van der Waals surface area (Å²) in [5.74, 6) is 0. The first-order chi connectivity index (χ1) is 6.99. The summed E-state index contributed by atoms with van der Waals surface area (Å²) in [6, 6.07) is 0. The molecule has 0 amide bonds. The van der Waals surface area contributed by atoms with Gasteiger partial charge in [0.15, 0.2) is 0 Å². The summed E-state index contributed by atoms with van der Waals surface area (Å²) < 4.78 is 0. The number of halogens is 1. The molecule has 1 unspecified atom stereocenters. The molecule has 0 spiro atoms. The van der Waals surface area contributed by atoms with Crippen molar-refractivity contribution in [3.63, 3.8) is 0 Å². The summed E-state index contributed by atoms with van der Waals surface area (Å²) in [7, 11) is 2.15. The molecule has 0 saturated heterocycles. The van der Waals surface area contributed by atoms with Crippen LogP contribution in [0.25, 0.3) is 0 Å². The Balaban J connectivity index is 2.40. The van der Waals surface area contributed by atoms with Crippen molar-refractivity contribution in [2.75, 3.05) is 13.6 Å². The number of thiazole rings is 1. The molecule has 15 heavy (non-hydrogen) atoms. The van der Waals surface area contributed by atoms with Gasteiger partial charge in [-0.05, 0) is 33.9 Å². The second-order valence-electron chi connectivity index (χ2n) is 4.06. The lowest BCUT2D eigenvalue weighted by Crippen LogP contribution is -2.20. The molecule has 1 heterocycles. The summed E-state index contributed by atoms with van der Waals surface area (Å²) in [5, 5.41) is 1.23. The Bertz CT molecular complexity index is 290. The van der Waals surface area contributed by atoms with Gasteiger partial charge in [-0.3, -0.25) is 4.90 Å². The molecule has 1 rings (SSSR count). The lowest BCUT2D eigenvalue weighted by Gasteiger charge is -2.15. The van der Waals surface area contributed by atoms with Crippen molar-refractivity contribution in [3.05, 3.63) is 15.6 Å². The first kappa shape index (κ1) is 13.1. The minimum absolute atomic E-state index is 0.597. The minimum atomic E-state index is 0.597. The zero-order valence-corrected chi connectivity index (χ0v) is 12.3. The third kappa shape index (κ3) is 4.62. The van der Waals surface area contributed by atoms with Crippen molar-refractivity contribution in [1.82, 2.24) is 9.88 Å². The highest BCUT2D eigenvalue weighted by Gasteiger charge is 2.07. The minimum Gasteiger partial charge on any atom is -0.300 e. The SMILES string of the molecule is Cc1nc(CN(C)CCC(C)Br)sc1C. The van der Waals surface area contributed by atoms with Crippen LogP contribution in [0.1, 0.15) is 28.9 Å². The summed E-state index contributed by atoms with van der Waals surface area (Å²) in [4.78, 5) is 8.81. The molecule has 0 radical (unpaired) electrons. The second kappa shape index (κ2) is 5.97. The van der Waals surface area contributed by atoms with Crippen molar-refractivity contribution in [3.8, 4) is 0 Å². The summed E-state index contributed by atoms with van der Waals surface area (Å²) in [5.41, 5.74) is 1.18. The van der Waals surface area contributed by atoms with Gasteiger partial charge in [0.25, 0.3) is 0 Å². The Labute approximate surface area is 105 Å². The number of aromatic nitrogens is 1. The molecule has 2 nitrogen and oxygen atoms in total. The lowest BCUT2D eigenvalue weighted by atomic mass is 10.3. The third-order valence-electron chi connectivity index (χ3n) is 2.39. The van der Waals surface area contributed by atoms with Gasteiger partial charge in [0.1, 0.15) is 5.01 Å². The second-order valence-corrected chi connectivity index (χ2v) is 6.91. The molecule has 1 aromatic rings. The van der Waals surface area contributed by atoms with Crippen LogP contribution in [0.2, 0.25) is 0 Å². The van der Waals surface area contributed by atoms with Gasteiger partial charge >= 0.3 is 0 Å².